The molecule has 0 fully saturated rings. The smallest absolute Gasteiger partial charge is 0.239 e. The first-order chi connectivity index (χ1) is 10.9. The van der Waals surface area contributed by atoms with Crippen molar-refractivity contribution in [3.8, 4) is 40.1 Å². The van der Waals surface area contributed by atoms with Crippen molar-refractivity contribution < 1.29 is 29.6 Å². The van der Waals surface area contributed by atoms with Crippen LogP contribution in [0.25, 0.3) is 22.3 Å². The maximum absolute atomic E-state index is 12.5. The van der Waals surface area contributed by atoms with E-state index in [0.717, 1.165) is 18.2 Å². The molecule has 23 heavy (non-hydrogen) atoms. The molecule has 1 heterocycles. The van der Waals surface area contributed by atoms with Crippen molar-refractivity contribution in [2.75, 3.05) is 7.11 Å². The van der Waals surface area contributed by atoms with Gasteiger partial charge in [-0.3, -0.25) is 4.79 Å². The van der Waals surface area contributed by atoms with Gasteiger partial charge >= 0.3 is 0 Å². The molecule has 0 unspecified atom stereocenters. The van der Waals surface area contributed by atoms with Gasteiger partial charge in [-0.15, -0.1) is 0 Å². The Morgan fingerprint density at radius 2 is 1.65 bits per heavy atom. The summed E-state index contributed by atoms with van der Waals surface area (Å²) in [6.07, 6.45) is 0. The molecule has 4 N–H and O–H groups in total. The van der Waals surface area contributed by atoms with Gasteiger partial charge in [0.15, 0.2) is 5.76 Å². The number of phenolic OH excluding ortho intramolecular Hbond substituents is 4. The summed E-state index contributed by atoms with van der Waals surface area (Å²) in [6, 6.07) is 5.91. The fourth-order valence-electron chi connectivity index (χ4n) is 2.34. The summed E-state index contributed by atoms with van der Waals surface area (Å²) in [5.41, 5.74) is -0.619. The van der Waals surface area contributed by atoms with E-state index in [2.05, 4.69) is 0 Å². The van der Waals surface area contributed by atoms with Crippen molar-refractivity contribution in [1.29, 1.82) is 0 Å². The van der Waals surface area contributed by atoms with Crippen LogP contribution in [0, 0.1) is 0 Å². The lowest BCUT2D eigenvalue weighted by Gasteiger charge is -2.11. The minimum absolute atomic E-state index is 0.0734. The molecule has 2 aromatic carbocycles. The fraction of sp³-hybridized carbons (Fsp3) is 0.0625. The van der Waals surface area contributed by atoms with Crippen LogP contribution in [0.4, 0.5) is 0 Å². The molecule has 0 bridgehead atoms. The highest BCUT2D eigenvalue weighted by molar-refractivity contribution is 5.88. The number of phenols is 4. The van der Waals surface area contributed by atoms with Gasteiger partial charge < -0.3 is 29.6 Å². The van der Waals surface area contributed by atoms with E-state index >= 15 is 0 Å². The number of rotatable bonds is 2. The van der Waals surface area contributed by atoms with Crippen molar-refractivity contribution in [2.24, 2.45) is 0 Å². The third-order valence-corrected chi connectivity index (χ3v) is 3.35. The van der Waals surface area contributed by atoms with Crippen LogP contribution in [0.1, 0.15) is 0 Å². The van der Waals surface area contributed by atoms with E-state index in [1.807, 2.05) is 0 Å². The molecule has 0 saturated heterocycles. The van der Waals surface area contributed by atoms with Crippen LogP contribution in [0.15, 0.2) is 39.5 Å². The van der Waals surface area contributed by atoms with E-state index in [4.69, 9.17) is 9.15 Å². The first-order valence-electron chi connectivity index (χ1n) is 6.51. The second-order valence-corrected chi connectivity index (χ2v) is 4.83. The molecule has 0 aliphatic heterocycles. The van der Waals surface area contributed by atoms with Crippen LogP contribution in [0.2, 0.25) is 0 Å². The van der Waals surface area contributed by atoms with Crippen molar-refractivity contribution in [3.05, 3.63) is 40.6 Å². The van der Waals surface area contributed by atoms with Gasteiger partial charge in [0.25, 0.3) is 0 Å². The van der Waals surface area contributed by atoms with Crippen molar-refractivity contribution in [2.45, 2.75) is 0 Å². The largest absolute Gasteiger partial charge is 0.508 e. The normalized spacial score (nSPS) is 10.8. The summed E-state index contributed by atoms with van der Waals surface area (Å²) in [5.74, 6) is -1.54. The van der Waals surface area contributed by atoms with Crippen LogP contribution in [-0.2, 0) is 0 Å². The highest BCUT2D eigenvalue weighted by Gasteiger charge is 2.21. The van der Waals surface area contributed by atoms with Crippen molar-refractivity contribution >= 4 is 11.0 Å². The van der Waals surface area contributed by atoms with E-state index in [9.17, 15) is 25.2 Å². The van der Waals surface area contributed by atoms with Gasteiger partial charge in [-0.25, -0.2) is 0 Å². The van der Waals surface area contributed by atoms with Gasteiger partial charge in [-0.05, 0) is 12.1 Å². The highest BCUT2D eigenvalue weighted by atomic mass is 16.5. The van der Waals surface area contributed by atoms with Gasteiger partial charge in [-0.1, -0.05) is 0 Å². The molecule has 0 spiro atoms. The standard InChI is InChI=1S/C16H12O7/c1-22-16-14(21)13-11(20)5-8(18)6-12(13)23-15(16)9-3-2-7(17)4-10(9)19/h2-6,17-20H,1H3. The maximum atomic E-state index is 12.5. The molecule has 7 nitrogen and oxygen atoms in total. The van der Waals surface area contributed by atoms with E-state index < -0.39 is 11.2 Å². The Morgan fingerprint density at radius 3 is 2.30 bits per heavy atom. The quantitative estimate of drug-likeness (QED) is 0.572. The topological polar surface area (TPSA) is 120 Å². The summed E-state index contributed by atoms with van der Waals surface area (Å²) in [7, 11) is 1.25. The molecule has 0 atom stereocenters. The Balaban J connectivity index is 2.43. The summed E-state index contributed by atoms with van der Waals surface area (Å²) in [5, 5.41) is 38.6. The monoisotopic (exact) mass is 316 g/mol. The molecule has 3 rings (SSSR count). The van der Waals surface area contributed by atoms with Crippen LogP contribution in [-0.4, -0.2) is 27.5 Å². The predicted molar refractivity (Wildman–Crippen MR) is 81.1 cm³/mol. The van der Waals surface area contributed by atoms with Gasteiger partial charge in [0.1, 0.15) is 34.0 Å². The lowest BCUT2D eigenvalue weighted by molar-refractivity contribution is 0.395. The number of benzene rings is 2. The molecule has 0 aliphatic rings. The zero-order chi connectivity index (χ0) is 16.7. The third-order valence-electron chi connectivity index (χ3n) is 3.35. The number of hydrogen-bond donors (Lipinski definition) is 4. The summed E-state index contributed by atoms with van der Waals surface area (Å²) < 4.78 is 10.6. The number of hydrogen-bond acceptors (Lipinski definition) is 7. The van der Waals surface area contributed by atoms with E-state index in [0.29, 0.717) is 0 Å². The van der Waals surface area contributed by atoms with Crippen LogP contribution < -0.4 is 10.2 Å². The molecule has 0 radical (unpaired) electrons. The molecular formula is C16H12O7. The Labute approximate surface area is 129 Å². The van der Waals surface area contributed by atoms with E-state index in [1.165, 1.54) is 19.2 Å². The van der Waals surface area contributed by atoms with Crippen molar-refractivity contribution in [1.82, 2.24) is 0 Å². The number of methoxy groups -OCH3 is 1. The van der Waals surface area contributed by atoms with Crippen LogP contribution in [0.3, 0.4) is 0 Å². The Kier molecular flexibility index (Phi) is 3.25. The highest BCUT2D eigenvalue weighted by Crippen LogP contribution is 2.39. The fourth-order valence-corrected chi connectivity index (χ4v) is 2.34. The van der Waals surface area contributed by atoms with E-state index in [1.54, 1.807) is 0 Å². The molecular weight excluding hydrogens is 304 g/mol. The molecule has 118 valence electrons. The minimum Gasteiger partial charge on any atom is -0.508 e. The zero-order valence-electron chi connectivity index (χ0n) is 11.9. The van der Waals surface area contributed by atoms with Crippen molar-refractivity contribution in [3.63, 3.8) is 0 Å². The SMILES string of the molecule is COc1c(-c2ccc(O)cc2O)oc2cc(O)cc(O)c2c1=O. The molecule has 7 heteroatoms. The molecule has 3 aromatic rings. The summed E-state index contributed by atoms with van der Waals surface area (Å²) in [4.78, 5) is 12.5. The lowest BCUT2D eigenvalue weighted by atomic mass is 10.1. The molecule has 0 amide bonds. The first-order valence-corrected chi connectivity index (χ1v) is 6.51. The van der Waals surface area contributed by atoms with Gasteiger partial charge in [0.05, 0.1) is 12.7 Å². The predicted octanol–water partition coefficient (Wildman–Crippen LogP) is 2.29. The number of ether oxygens (including phenoxy) is 1. The van der Waals surface area contributed by atoms with E-state index in [-0.39, 0.29) is 45.3 Å². The lowest BCUT2D eigenvalue weighted by Crippen LogP contribution is -2.07. The second kappa shape index (κ2) is 5.13. The first kappa shape index (κ1) is 14.6. The molecule has 0 aliphatic carbocycles. The third kappa shape index (κ3) is 2.28. The average Bonchev–Trinajstić information content (AvgIpc) is 2.46. The molecule has 0 saturated carbocycles. The van der Waals surface area contributed by atoms with Gasteiger partial charge in [0.2, 0.25) is 11.2 Å². The van der Waals surface area contributed by atoms with Crippen LogP contribution in [0.5, 0.6) is 28.7 Å². The summed E-state index contributed by atoms with van der Waals surface area (Å²) >= 11 is 0. The molecule has 1 aromatic heterocycles. The number of fused-ring (bicyclic) bond motifs is 1. The Morgan fingerprint density at radius 1 is 0.957 bits per heavy atom. The Hall–Kier alpha value is -3.35. The van der Waals surface area contributed by atoms with Gasteiger partial charge in [0, 0.05) is 18.2 Å². The minimum atomic E-state index is -0.659. The zero-order valence-corrected chi connectivity index (χ0v) is 11.9. The maximum Gasteiger partial charge on any atom is 0.239 e. The number of aromatic hydroxyl groups is 4. The Bertz CT molecular complexity index is 972. The average molecular weight is 316 g/mol. The van der Waals surface area contributed by atoms with Gasteiger partial charge in [-0.2, -0.15) is 0 Å². The summed E-state index contributed by atoms with van der Waals surface area (Å²) in [6.45, 7) is 0. The second-order valence-electron chi connectivity index (χ2n) is 4.83. The van der Waals surface area contributed by atoms with Crippen LogP contribution >= 0.6 is 0 Å².